The van der Waals surface area contributed by atoms with E-state index in [1.54, 1.807) is 0 Å². The first-order valence-electron chi connectivity index (χ1n) is 6.76. The van der Waals surface area contributed by atoms with Gasteiger partial charge < -0.3 is 10.0 Å². The van der Waals surface area contributed by atoms with Crippen molar-refractivity contribution in [3.05, 3.63) is 17.5 Å². The second-order valence-corrected chi connectivity index (χ2v) is 5.72. The molecule has 0 saturated carbocycles. The van der Waals surface area contributed by atoms with E-state index in [0.29, 0.717) is 19.0 Å². The fourth-order valence-electron chi connectivity index (χ4n) is 2.44. The third-order valence-corrected chi connectivity index (χ3v) is 3.42. The molecule has 2 rings (SSSR count). The predicted octanol–water partition coefficient (Wildman–Crippen LogP) is 2.26. The highest BCUT2D eigenvalue weighted by molar-refractivity contribution is 5.39. The summed E-state index contributed by atoms with van der Waals surface area (Å²) in [6, 6.07) is 2.03. The number of nitrogens with zero attached hydrogens (tertiary/aromatic N) is 3. The molecule has 0 atom stereocenters. The van der Waals surface area contributed by atoms with Crippen molar-refractivity contribution in [2.75, 3.05) is 18.0 Å². The third-order valence-electron chi connectivity index (χ3n) is 3.42. The predicted molar refractivity (Wildman–Crippen MR) is 72.9 cm³/mol. The normalized spacial score (nSPS) is 18.0. The molecular weight excluding hydrogens is 226 g/mol. The zero-order valence-corrected chi connectivity index (χ0v) is 11.8. The van der Waals surface area contributed by atoms with Crippen LogP contribution in [0.25, 0.3) is 0 Å². The van der Waals surface area contributed by atoms with E-state index >= 15 is 0 Å². The first-order valence-corrected chi connectivity index (χ1v) is 6.76. The molecule has 100 valence electrons. The lowest BCUT2D eigenvalue weighted by Crippen LogP contribution is -2.62. The van der Waals surface area contributed by atoms with Gasteiger partial charge in [0.05, 0.1) is 18.7 Å². The Bertz CT molecular complexity index is 425. The van der Waals surface area contributed by atoms with Crippen molar-refractivity contribution < 1.29 is 5.11 Å². The number of β-amino-alcohol motifs (C(OH)–C–C–N with tert-alkyl or cyclic N) is 1. The molecule has 4 heteroatoms. The quantitative estimate of drug-likeness (QED) is 0.889. The summed E-state index contributed by atoms with van der Waals surface area (Å²) >= 11 is 0. The van der Waals surface area contributed by atoms with Gasteiger partial charge in [0.15, 0.2) is 0 Å². The van der Waals surface area contributed by atoms with Crippen LogP contribution in [0.2, 0.25) is 0 Å². The Morgan fingerprint density at radius 2 is 2.06 bits per heavy atom. The number of rotatable bonds is 4. The van der Waals surface area contributed by atoms with Gasteiger partial charge in [0.1, 0.15) is 0 Å². The number of aryl methyl sites for hydroxylation is 1. The summed E-state index contributed by atoms with van der Waals surface area (Å²) in [5, 5.41) is 10.2. The van der Waals surface area contributed by atoms with Crippen LogP contribution in [-0.4, -0.2) is 33.8 Å². The average molecular weight is 249 g/mol. The second kappa shape index (κ2) is 4.84. The van der Waals surface area contributed by atoms with E-state index in [1.165, 1.54) is 0 Å². The standard InChI is InChI=1S/C14H23N3O/c1-5-6-14(18)8-17(9-14)13-15-11(4)7-12(16-13)10(2)3/h7,10,18H,5-6,8-9H2,1-4H3. The summed E-state index contributed by atoms with van der Waals surface area (Å²) in [6.45, 7) is 9.67. The summed E-state index contributed by atoms with van der Waals surface area (Å²) < 4.78 is 0. The lowest BCUT2D eigenvalue weighted by Gasteiger charge is -2.46. The smallest absolute Gasteiger partial charge is 0.225 e. The van der Waals surface area contributed by atoms with Gasteiger partial charge in [-0.2, -0.15) is 0 Å². The van der Waals surface area contributed by atoms with Crippen molar-refractivity contribution in [1.82, 2.24) is 9.97 Å². The molecule has 0 bridgehead atoms. The van der Waals surface area contributed by atoms with Crippen LogP contribution in [0.4, 0.5) is 5.95 Å². The maximum atomic E-state index is 10.2. The summed E-state index contributed by atoms with van der Waals surface area (Å²) in [4.78, 5) is 11.1. The van der Waals surface area contributed by atoms with Gasteiger partial charge >= 0.3 is 0 Å². The van der Waals surface area contributed by atoms with E-state index in [4.69, 9.17) is 0 Å². The zero-order valence-electron chi connectivity index (χ0n) is 11.8. The van der Waals surface area contributed by atoms with E-state index in [-0.39, 0.29) is 0 Å². The van der Waals surface area contributed by atoms with E-state index in [9.17, 15) is 5.11 Å². The molecule has 0 spiro atoms. The van der Waals surface area contributed by atoms with Crippen LogP contribution in [0.1, 0.15) is 50.9 Å². The molecule has 18 heavy (non-hydrogen) atoms. The van der Waals surface area contributed by atoms with Crippen LogP contribution < -0.4 is 4.90 Å². The zero-order chi connectivity index (χ0) is 13.3. The largest absolute Gasteiger partial charge is 0.386 e. The van der Waals surface area contributed by atoms with Crippen molar-refractivity contribution in [3.8, 4) is 0 Å². The van der Waals surface area contributed by atoms with Gasteiger partial charge in [0, 0.05) is 11.4 Å². The molecule has 1 aromatic heterocycles. The summed E-state index contributed by atoms with van der Waals surface area (Å²) in [5.74, 6) is 1.17. The molecule has 1 fully saturated rings. The van der Waals surface area contributed by atoms with Crippen LogP contribution in [-0.2, 0) is 0 Å². The molecule has 0 radical (unpaired) electrons. The van der Waals surface area contributed by atoms with Crippen molar-refractivity contribution in [1.29, 1.82) is 0 Å². The van der Waals surface area contributed by atoms with Gasteiger partial charge in [-0.3, -0.25) is 0 Å². The van der Waals surface area contributed by atoms with E-state index in [2.05, 4.69) is 35.6 Å². The number of aromatic nitrogens is 2. The summed E-state index contributed by atoms with van der Waals surface area (Å²) in [6.07, 6.45) is 1.86. The molecule has 1 saturated heterocycles. The lowest BCUT2D eigenvalue weighted by atomic mass is 9.90. The fraction of sp³-hybridized carbons (Fsp3) is 0.714. The van der Waals surface area contributed by atoms with E-state index in [0.717, 1.165) is 30.2 Å². The summed E-state index contributed by atoms with van der Waals surface area (Å²) in [7, 11) is 0. The number of hydrogen-bond donors (Lipinski definition) is 1. The van der Waals surface area contributed by atoms with Gasteiger partial charge in [0.2, 0.25) is 5.95 Å². The van der Waals surface area contributed by atoms with Gasteiger partial charge in [-0.25, -0.2) is 9.97 Å². The second-order valence-electron chi connectivity index (χ2n) is 5.72. The lowest BCUT2D eigenvalue weighted by molar-refractivity contribution is 0.00241. The molecule has 0 amide bonds. The third kappa shape index (κ3) is 2.64. The Labute approximate surface area is 109 Å². The Morgan fingerprint density at radius 1 is 1.39 bits per heavy atom. The molecular formula is C14H23N3O. The Kier molecular flexibility index (Phi) is 3.57. The Balaban J connectivity index is 2.12. The first-order chi connectivity index (χ1) is 8.43. The monoisotopic (exact) mass is 249 g/mol. The van der Waals surface area contributed by atoms with E-state index in [1.807, 2.05) is 13.0 Å². The highest BCUT2D eigenvalue weighted by atomic mass is 16.3. The molecule has 2 heterocycles. The van der Waals surface area contributed by atoms with Crippen molar-refractivity contribution in [3.63, 3.8) is 0 Å². The minimum atomic E-state index is -0.528. The van der Waals surface area contributed by atoms with Gasteiger partial charge in [-0.15, -0.1) is 0 Å². The summed E-state index contributed by atoms with van der Waals surface area (Å²) in [5.41, 5.74) is 1.54. The Hall–Kier alpha value is -1.16. The molecule has 0 aliphatic carbocycles. The van der Waals surface area contributed by atoms with Crippen LogP contribution in [0.15, 0.2) is 6.07 Å². The van der Waals surface area contributed by atoms with Crippen molar-refractivity contribution >= 4 is 5.95 Å². The molecule has 1 N–H and O–H groups in total. The van der Waals surface area contributed by atoms with Crippen LogP contribution in [0, 0.1) is 6.92 Å². The van der Waals surface area contributed by atoms with Gasteiger partial charge in [-0.05, 0) is 25.3 Å². The molecule has 1 aromatic rings. The first kappa shape index (κ1) is 13.3. The van der Waals surface area contributed by atoms with Gasteiger partial charge in [0.25, 0.3) is 0 Å². The van der Waals surface area contributed by atoms with Crippen LogP contribution >= 0.6 is 0 Å². The van der Waals surface area contributed by atoms with Gasteiger partial charge in [-0.1, -0.05) is 27.2 Å². The number of anilines is 1. The van der Waals surface area contributed by atoms with Crippen LogP contribution in [0.5, 0.6) is 0 Å². The average Bonchev–Trinajstić information content (AvgIpc) is 2.25. The molecule has 1 aliphatic rings. The molecule has 0 unspecified atom stereocenters. The van der Waals surface area contributed by atoms with Crippen LogP contribution in [0.3, 0.4) is 0 Å². The molecule has 4 nitrogen and oxygen atoms in total. The highest BCUT2D eigenvalue weighted by Crippen LogP contribution is 2.29. The fourth-order valence-corrected chi connectivity index (χ4v) is 2.44. The minimum absolute atomic E-state index is 0.404. The topological polar surface area (TPSA) is 49.2 Å². The maximum absolute atomic E-state index is 10.2. The maximum Gasteiger partial charge on any atom is 0.225 e. The molecule has 0 aromatic carbocycles. The van der Waals surface area contributed by atoms with Crippen molar-refractivity contribution in [2.24, 2.45) is 0 Å². The SMILES string of the molecule is CCCC1(O)CN(c2nc(C)cc(C(C)C)n2)C1. The molecule has 1 aliphatic heterocycles. The Morgan fingerprint density at radius 3 is 2.61 bits per heavy atom. The minimum Gasteiger partial charge on any atom is -0.386 e. The number of aliphatic hydroxyl groups is 1. The highest BCUT2D eigenvalue weighted by Gasteiger charge is 2.41. The van der Waals surface area contributed by atoms with Crippen molar-refractivity contribution in [2.45, 2.75) is 52.1 Å². The van der Waals surface area contributed by atoms with E-state index < -0.39 is 5.60 Å². The number of hydrogen-bond acceptors (Lipinski definition) is 4.